The predicted molar refractivity (Wildman–Crippen MR) is 124 cm³/mol. The van der Waals surface area contributed by atoms with Gasteiger partial charge in [-0.3, -0.25) is 4.90 Å². The molecule has 1 unspecified atom stereocenters. The van der Waals surface area contributed by atoms with Crippen LogP contribution in [0.15, 0.2) is 52.7 Å². The molecule has 176 valence electrons. The molecular formula is C25H26N4O5. The normalized spacial score (nSPS) is 17.2. The fraction of sp³-hybridized carbons (Fsp3) is 0.320. The van der Waals surface area contributed by atoms with Crippen LogP contribution in [0, 0.1) is 0 Å². The Labute approximate surface area is 197 Å². The van der Waals surface area contributed by atoms with Crippen LogP contribution in [0.3, 0.4) is 0 Å². The SMILES string of the molecule is CCCCN1C(=O)NC(c2ccc(OC)cc2)C(c2nc(-c3ccc4c(c3)OCO4)no2)=C1C. The lowest BCUT2D eigenvalue weighted by molar-refractivity contribution is 0.174. The molecule has 2 aliphatic rings. The first-order valence-electron chi connectivity index (χ1n) is 11.3. The Hall–Kier alpha value is -4.01. The van der Waals surface area contributed by atoms with Crippen LogP contribution in [0.5, 0.6) is 17.2 Å². The molecule has 9 heteroatoms. The topological polar surface area (TPSA) is 99.0 Å². The number of amides is 2. The van der Waals surface area contributed by atoms with E-state index in [0.29, 0.717) is 29.8 Å². The van der Waals surface area contributed by atoms with Gasteiger partial charge < -0.3 is 24.1 Å². The minimum absolute atomic E-state index is 0.147. The minimum atomic E-state index is -0.443. The van der Waals surface area contributed by atoms with Gasteiger partial charge in [0.25, 0.3) is 5.89 Å². The van der Waals surface area contributed by atoms with E-state index in [0.717, 1.165) is 41.0 Å². The Balaban J connectivity index is 1.55. The number of urea groups is 1. The van der Waals surface area contributed by atoms with Crippen LogP contribution < -0.4 is 19.5 Å². The van der Waals surface area contributed by atoms with Gasteiger partial charge in [0, 0.05) is 17.8 Å². The van der Waals surface area contributed by atoms with Crippen LogP contribution in [0.4, 0.5) is 4.79 Å². The van der Waals surface area contributed by atoms with E-state index in [2.05, 4.69) is 17.4 Å². The van der Waals surface area contributed by atoms with Gasteiger partial charge in [-0.1, -0.05) is 30.6 Å². The van der Waals surface area contributed by atoms with Crippen LogP contribution in [-0.2, 0) is 0 Å². The molecule has 5 rings (SSSR count). The number of nitrogens with zero attached hydrogens (tertiary/aromatic N) is 3. The van der Waals surface area contributed by atoms with Crippen molar-refractivity contribution in [1.29, 1.82) is 0 Å². The molecule has 2 amide bonds. The van der Waals surface area contributed by atoms with Crippen molar-refractivity contribution in [3.8, 4) is 28.6 Å². The van der Waals surface area contributed by atoms with Crippen LogP contribution >= 0.6 is 0 Å². The van der Waals surface area contributed by atoms with E-state index in [1.54, 1.807) is 12.0 Å². The summed E-state index contributed by atoms with van der Waals surface area (Å²) < 4.78 is 21.9. The molecule has 3 aromatic rings. The molecule has 1 aromatic heterocycles. The van der Waals surface area contributed by atoms with E-state index in [1.165, 1.54) is 0 Å². The summed E-state index contributed by atoms with van der Waals surface area (Å²) in [5.41, 5.74) is 3.20. The first-order valence-corrected chi connectivity index (χ1v) is 11.3. The summed E-state index contributed by atoms with van der Waals surface area (Å²) >= 11 is 0. The highest BCUT2D eigenvalue weighted by atomic mass is 16.7. The van der Waals surface area contributed by atoms with E-state index in [9.17, 15) is 4.79 Å². The molecule has 0 saturated heterocycles. The van der Waals surface area contributed by atoms with Gasteiger partial charge in [0.15, 0.2) is 11.5 Å². The van der Waals surface area contributed by atoms with Crippen LogP contribution in [0.25, 0.3) is 17.0 Å². The number of carbonyl (C=O) groups is 1. The Morgan fingerprint density at radius 1 is 1.15 bits per heavy atom. The third kappa shape index (κ3) is 3.93. The standard InChI is InChI=1S/C25H26N4O5/c1-4-5-12-29-15(2)21(22(26-25(29)30)16-6-9-18(31-3)10-7-16)24-27-23(28-34-24)17-8-11-19-20(13-17)33-14-32-19/h6-11,13,22H,4-5,12,14H2,1-3H3,(H,26,30). The van der Waals surface area contributed by atoms with Gasteiger partial charge in [-0.15, -0.1) is 0 Å². The Morgan fingerprint density at radius 3 is 2.71 bits per heavy atom. The van der Waals surface area contributed by atoms with Crippen molar-refractivity contribution < 1.29 is 23.5 Å². The first kappa shape index (κ1) is 21.8. The van der Waals surface area contributed by atoms with E-state index in [-0.39, 0.29) is 12.8 Å². The van der Waals surface area contributed by atoms with Crippen molar-refractivity contribution in [2.24, 2.45) is 0 Å². The number of aromatic nitrogens is 2. The molecule has 2 aliphatic heterocycles. The zero-order valence-electron chi connectivity index (χ0n) is 19.3. The lowest BCUT2D eigenvalue weighted by Gasteiger charge is -2.35. The maximum absolute atomic E-state index is 13.0. The van der Waals surface area contributed by atoms with Gasteiger partial charge in [-0.2, -0.15) is 4.98 Å². The molecule has 1 N–H and O–H groups in total. The summed E-state index contributed by atoms with van der Waals surface area (Å²) in [4.78, 5) is 19.4. The lowest BCUT2D eigenvalue weighted by Crippen LogP contribution is -2.46. The average Bonchev–Trinajstić information content (AvgIpc) is 3.53. The summed E-state index contributed by atoms with van der Waals surface area (Å²) in [6, 6.07) is 12.5. The molecule has 1 atom stereocenters. The number of ether oxygens (including phenoxy) is 3. The number of allylic oxidation sites excluding steroid dienone is 1. The maximum Gasteiger partial charge on any atom is 0.322 e. The number of benzene rings is 2. The quantitative estimate of drug-likeness (QED) is 0.540. The zero-order chi connectivity index (χ0) is 23.7. The van der Waals surface area contributed by atoms with Crippen molar-refractivity contribution in [3.63, 3.8) is 0 Å². The highest BCUT2D eigenvalue weighted by molar-refractivity contribution is 5.87. The molecule has 34 heavy (non-hydrogen) atoms. The Kier molecular flexibility index (Phi) is 5.83. The van der Waals surface area contributed by atoms with Gasteiger partial charge in [0.2, 0.25) is 12.6 Å². The maximum atomic E-state index is 13.0. The van der Waals surface area contributed by atoms with Crippen molar-refractivity contribution >= 4 is 11.6 Å². The summed E-state index contributed by atoms with van der Waals surface area (Å²) in [6.45, 7) is 4.82. The second kappa shape index (κ2) is 9.09. The van der Waals surface area contributed by atoms with E-state index in [1.807, 2.05) is 49.4 Å². The van der Waals surface area contributed by atoms with Crippen LogP contribution in [0.1, 0.15) is 44.2 Å². The number of hydrogen-bond acceptors (Lipinski definition) is 7. The highest BCUT2D eigenvalue weighted by Gasteiger charge is 2.35. The predicted octanol–water partition coefficient (Wildman–Crippen LogP) is 4.77. The third-order valence-electron chi connectivity index (χ3n) is 6.07. The largest absolute Gasteiger partial charge is 0.497 e. The smallest absolute Gasteiger partial charge is 0.322 e. The molecule has 0 saturated carbocycles. The molecule has 0 bridgehead atoms. The number of hydrogen-bond donors (Lipinski definition) is 1. The second-order valence-electron chi connectivity index (χ2n) is 8.15. The van der Waals surface area contributed by atoms with E-state index >= 15 is 0 Å². The molecule has 0 fully saturated rings. The lowest BCUT2D eigenvalue weighted by atomic mass is 9.94. The molecular weight excluding hydrogens is 436 g/mol. The molecule has 0 spiro atoms. The van der Waals surface area contributed by atoms with Crippen molar-refractivity contribution in [2.75, 3.05) is 20.4 Å². The van der Waals surface area contributed by atoms with Gasteiger partial charge in [0.05, 0.1) is 18.7 Å². The molecule has 2 aromatic carbocycles. The number of nitrogens with one attached hydrogen (secondary N) is 1. The number of unbranched alkanes of at least 4 members (excludes halogenated alkanes) is 1. The van der Waals surface area contributed by atoms with Crippen molar-refractivity contribution in [2.45, 2.75) is 32.7 Å². The summed E-state index contributed by atoms with van der Waals surface area (Å²) in [5.74, 6) is 2.85. The Bertz CT molecular complexity index is 1230. The number of rotatable bonds is 7. The van der Waals surface area contributed by atoms with Gasteiger partial charge >= 0.3 is 6.03 Å². The average molecular weight is 463 g/mol. The van der Waals surface area contributed by atoms with Crippen molar-refractivity contribution in [1.82, 2.24) is 20.4 Å². The fourth-order valence-corrected chi connectivity index (χ4v) is 4.18. The monoisotopic (exact) mass is 462 g/mol. The van der Waals surface area contributed by atoms with Gasteiger partial charge in [-0.05, 0) is 49.2 Å². The highest BCUT2D eigenvalue weighted by Crippen LogP contribution is 2.39. The summed E-state index contributed by atoms with van der Waals surface area (Å²) in [7, 11) is 1.62. The Morgan fingerprint density at radius 2 is 1.94 bits per heavy atom. The van der Waals surface area contributed by atoms with Gasteiger partial charge in [-0.25, -0.2) is 4.79 Å². The number of carbonyl (C=O) groups excluding carboxylic acids is 1. The first-order chi connectivity index (χ1) is 16.6. The minimum Gasteiger partial charge on any atom is -0.497 e. The van der Waals surface area contributed by atoms with Crippen LogP contribution in [-0.4, -0.2) is 41.5 Å². The van der Waals surface area contributed by atoms with Gasteiger partial charge in [0.1, 0.15) is 5.75 Å². The number of methoxy groups -OCH3 is 1. The molecule has 0 radical (unpaired) electrons. The third-order valence-corrected chi connectivity index (χ3v) is 6.07. The summed E-state index contributed by atoms with van der Waals surface area (Å²) in [6.07, 6.45) is 1.86. The molecule has 9 nitrogen and oxygen atoms in total. The van der Waals surface area contributed by atoms with E-state index in [4.69, 9.17) is 23.7 Å². The molecule has 3 heterocycles. The zero-order valence-corrected chi connectivity index (χ0v) is 19.3. The molecule has 0 aliphatic carbocycles. The fourth-order valence-electron chi connectivity index (χ4n) is 4.18. The van der Waals surface area contributed by atoms with E-state index < -0.39 is 6.04 Å². The summed E-state index contributed by atoms with van der Waals surface area (Å²) in [5, 5.41) is 7.33. The van der Waals surface area contributed by atoms with Crippen molar-refractivity contribution in [3.05, 3.63) is 59.6 Å². The second-order valence-corrected chi connectivity index (χ2v) is 8.15. The number of fused-ring (bicyclic) bond motifs is 1. The van der Waals surface area contributed by atoms with Crippen LogP contribution in [0.2, 0.25) is 0 Å².